The van der Waals surface area contributed by atoms with Crippen LogP contribution < -0.4 is 21.5 Å². The van der Waals surface area contributed by atoms with E-state index in [1.807, 2.05) is 38.1 Å². The summed E-state index contributed by atoms with van der Waals surface area (Å²) in [4.78, 5) is 40.7. The molecule has 2 aromatic carbocycles. The summed E-state index contributed by atoms with van der Waals surface area (Å²) in [6.45, 7) is 5.47. The first-order valence-electron chi connectivity index (χ1n) is 13.8. The fraction of sp³-hybridized carbons (Fsp3) is 0.387. The van der Waals surface area contributed by atoms with Crippen LogP contribution in [0.2, 0.25) is 0 Å². The number of primary amides is 2. The topological polar surface area (TPSA) is 161 Å². The fourth-order valence-electron chi connectivity index (χ4n) is 4.98. The Morgan fingerprint density at radius 1 is 1.00 bits per heavy atom. The standard InChI is InChI=1S/C31H40N4O6/c1-4-10-35(11-5-2)31(39)26-16-22(29(32)37)15-25(30(33)38)28(26)24(14-21-9-12-41-19-21)27(36)18-34-17-20-7-6-8-23(13-20)40-3/h6-9,12-13,15-16,19,24,27,34,36H,4-5,10-11,14,17-18H2,1-3H3,(H2,32,37)(H2,33,38)/t24-,27+/m1/s1. The van der Waals surface area contributed by atoms with E-state index in [2.05, 4.69) is 5.32 Å². The van der Waals surface area contributed by atoms with E-state index in [0.29, 0.717) is 32.5 Å². The molecule has 2 atom stereocenters. The molecule has 0 fully saturated rings. The average Bonchev–Trinajstić information content (AvgIpc) is 3.48. The molecule has 3 aromatic rings. The number of rotatable bonds is 16. The van der Waals surface area contributed by atoms with Gasteiger partial charge in [0.2, 0.25) is 11.8 Å². The first-order chi connectivity index (χ1) is 19.7. The van der Waals surface area contributed by atoms with Crippen molar-refractivity contribution in [1.82, 2.24) is 10.2 Å². The minimum absolute atomic E-state index is 0.00783. The van der Waals surface area contributed by atoms with Gasteiger partial charge < -0.3 is 35.9 Å². The van der Waals surface area contributed by atoms with E-state index in [-0.39, 0.29) is 41.1 Å². The Balaban J connectivity index is 2.09. The summed E-state index contributed by atoms with van der Waals surface area (Å²) in [5.41, 5.74) is 13.5. The highest BCUT2D eigenvalue weighted by Gasteiger charge is 2.33. The first kappa shape index (κ1) is 31.4. The third-order valence-electron chi connectivity index (χ3n) is 6.92. The number of nitrogens with zero attached hydrogens (tertiary/aromatic N) is 1. The minimum atomic E-state index is -1.05. The molecule has 41 heavy (non-hydrogen) atoms. The molecule has 220 valence electrons. The number of aliphatic hydroxyl groups is 1. The van der Waals surface area contributed by atoms with Crippen molar-refractivity contribution in [3.63, 3.8) is 0 Å². The van der Waals surface area contributed by atoms with Gasteiger partial charge in [-0.1, -0.05) is 26.0 Å². The minimum Gasteiger partial charge on any atom is -0.497 e. The first-order valence-corrected chi connectivity index (χ1v) is 13.8. The van der Waals surface area contributed by atoms with E-state index in [0.717, 1.165) is 16.9 Å². The maximum atomic E-state index is 14.0. The maximum Gasteiger partial charge on any atom is 0.254 e. The van der Waals surface area contributed by atoms with Crippen LogP contribution in [0.3, 0.4) is 0 Å². The van der Waals surface area contributed by atoms with E-state index in [1.54, 1.807) is 24.3 Å². The molecule has 1 aromatic heterocycles. The average molecular weight is 565 g/mol. The molecule has 10 heteroatoms. The number of nitrogens with two attached hydrogens (primary N) is 2. The summed E-state index contributed by atoms with van der Waals surface area (Å²) in [7, 11) is 1.59. The highest BCUT2D eigenvalue weighted by Crippen LogP contribution is 2.33. The Hall–Kier alpha value is -4.15. The largest absolute Gasteiger partial charge is 0.497 e. The van der Waals surface area contributed by atoms with E-state index >= 15 is 0 Å². The van der Waals surface area contributed by atoms with Gasteiger partial charge >= 0.3 is 0 Å². The molecule has 0 saturated carbocycles. The zero-order valence-electron chi connectivity index (χ0n) is 23.9. The van der Waals surface area contributed by atoms with Crippen LogP contribution in [0, 0.1) is 0 Å². The summed E-state index contributed by atoms with van der Waals surface area (Å²) in [6, 6.07) is 12.0. The van der Waals surface area contributed by atoms with Gasteiger partial charge in [-0.15, -0.1) is 0 Å². The summed E-state index contributed by atoms with van der Waals surface area (Å²) in [6.07, 6.45) is 3.69. The van der Waals surface area contributed by atoms with Gasteiger partial charge in [-0.2, -0.15) is 0 Å². The van der Waals surface area contributed by atoms with Crippen molar-refractivity contribution in [3.8, 4) is 5.75 Å². The Labute approximate surface area is 240 Å². The fourth-order valence-corrected chi connectivity index (χ4v) is 4.98. The maximum absolute atomic E-state index is 14.0. The number of benzene rings is 2. The predicted molar refractivity (Wildman–Crippen MR) is 156 cm³/mol. The lowest BCUT2D eigenvalue weighted by Gasteiger charge is -2.30. The molecule has 0 bridgehead atoms. The monoisotopic (exact) mass is 564 g/mol. The highest BCUT2D eigenvalue weighted by molar-refractivity contribution is 6.06. The number of ether oxygens (including phenoxy) is 1. The highest BCUT2D eigenvalue weighted by atomic mass is 16.5. The quantitative estimate of drug-likeness (QED) is 0.208. The molecule has 3 rings (SSSR count). The number of hydrogen-bond donors (Lipinski definition) is 4. The lowest BCUT2D eigenvalue weighted by molar-refractivity contribution is 0.0751. The van der Waals surface area contributed by atoms with Crippen molar-refractivity contribution >= 4 is 17.7 Å². The number of aliphatic hydroxyl groups excluding tert-OH is 1. The van der Waals surface area contributed by atoms with Crippen LogP contribution >= 0.6 is 0 Å². The lowest BCUT2D eigenvalue weighted by Crippen LogP contribution is -2.38. The van der Waals surface area contributed by atoms with Gasteiger partial charge in [0.25, 0.3) is 5.91 Å². The van der Waals surface area contributed by atoms with Gasteiger partial charge in [0.05, 0.1) is 25.7 Å². The van der Waals surface area contributed by atoms with Crippen molar-refractivity contribution in [3.05, 3.63) is 88.4 Å². The molecule has 0 aliphatic carbocycles. The third kappa shape index (κ3) is 8.18. The molecule has 0 unspecified atom stereocenters. The molecular weight excluding hydrogens is 524 g/mol. The van der Waals surface area contributed by atoms with Gasteiger partial charge in [0, 0.05) is 48.8 Å². The third-order valence-corrected chi connectivity index (χ3v) is 6.92. The van der Waals surface area contributed by atoms with E-state index < -0.39 is 23.8 Å². The number of nitrogens with one attached hydrogen (secondary N) is 1. The molecule has 0 spiro atoms. The molecule has 0 radical (unpaired) electrons. The zero-order chi connectivity index (χ0) is 29.9. The molecule has 0 saturated heterocycles. The molecular formula is C31H40N4O6. The molecule has 3 amide bonds. The smallest absolute Gasteiger partial charge is 0.254 e. The number of furan rings is 1. The summed E-state index contributed by atoms with van der Waals surface area (Å²) in [5.74, 6) is -2.02. The van der Waals surface area contributed by atoms with Crippen molar-refractivity contribution in [2.24, 2.45) is 11.5 Å². The van der Waals surface area contributed by atoms with Crippen molar-refractivity contribution < 1.29 is 28.6 Å². The van der Waals surface area contributed by atoms with Gasteiger partial charge in [0.15, 0.2) is 0 Å². The summed E-state index contributed by atoms with van der Waals surface area (Å²) < 4.78 is 10.6. The number of hydrogen-bond acceptors (Lipinski definition) is 7. The van der Waals surface area contributed by atoms with Crippen LogP contribution in [0.15, 0.2) is 59.4 Å². The molecule has 10 nitrogen and oxygen atoms in total. The Morgan fingerprint density at radius 2 is 1.71 bits per heavy atom. The van der Waals surface area contributed by atoms with Crippen molar-refractivity contribution in [2.75, 3.05) is 26.7 Å². The Morgan fingerprint density at radius 3 is 2.29 bits per heavy atom. The molecule has 6 N–H and O–H groups in total. The number of methoxy groups -OCH3 is 1. The van der Waals surface area contributed by atoms with Gasteiger partial charge in [0.1, 0.15) is 5.75 Å². The second-order valence-corrected chi connectivity index (χ2v) is 10.00. The number of carbonyl (C=O) groups excluding carboxylic acids is 3. The number of carbonyl (C=O) groups is 3. The van der Waals surface area contributed by atoms with Gasteiger partial charge in [-0.3, -0.25) is 14.4 Å². The van der Waals surface area contributed by atoms with Gasteiger partial charge in [-0.25, -0.2) is 0 Å². The summed E-state index contributed by atoms with van der Waals surface area (Å²) >= 11 is 0. The summed E-state index contributed by atoms with van der Waals surface area (Å²) in [5, 5.41) is 14.8. The van der Waals surface area contributed by atoms with Crippen molar-refractivity contribution in [2.45, 2.75) is 51.7 Å². The van der Waals surface area contributed by atoms with Crippen LogP contribution in [0.25, 0.3) is 0 Å². The van der Waals surface area contributed by atoms with Gasteiger partial charge in [-0.05, 0) is 66.3 Å². The second-order valence-electron chi connectivity index (χ2n) is 10.00. The number of amides is 3. The molecule has 1 heterocycles. The Bertz CT molecular complexity index is 1320. The van der Waals surface area contributed by atoms with Crippen LogP contribution in [-0.4, -0.2) is 60.6 Å². The van der Waals surface area contributed by atoms with E-state index in [9.17, 15) is 19.5 Å². The molecule has 0 aliphatic heterocycles. The van der Waals surface area contributed by atoms with E-state index in [1.165, 1.54) is 18.4 Å². The van der Waals surface area contributed by atoms with Crippen LogP contribution in [0.5, 0.6) is 5.75 Å². The zero-order valence-corrected chi connectivity index (χ0v) is 23.9. The predicted octanol–water partition coefficient (Wildman–Crippen LogP) is 3.23. The Kier molecular flexibility index (Phi) is 11.5. The lowest BCUT2D eigenvalue weighted by atomic mass is 9.80. The van der Waals surface area contributed by atoms with Crippen LogP contribution in [-0.2, 0) is 13.0 Å². The van der Waals surface area contributed by atoms with Crippen LogP contribution in [0.1, 0.15) is 80.4 Å². The second kappa shape index (κ2) is 15.0. The SMILES string of the molecule is CCCN(CCC)C(=O)c1cc(C(N)=O)cc(C(N)=O)c1[C@H](Cc1ccoc1)[C@@H](O)CNCc1cccc(OC)c1. The van der Waals surface area contributed by atoms with E-state index in [4.69, 9.17) is 20.6 Å². The molecule has 0 aliphatic rings. The normalized spacial score (nSPS) is 12.5. The van der Waals surface area contributed by atoms with Crippen LogP contribution in [0.4, 0.5) is 0 Å². The van der Waals surface area contributed by atoms with Crippen molar-refractivity contribution in [1.29, 1.82) is 0 Å².